The van der Waals surface area contributed by atoms with Crippen LogP contribution >= 0.6 is 12.4 Å². The summed E-state index contributed by atoms with van der Waals surface area (Å²) in [5.41, 5.74) is 0. The second-order valence-electron chi connectivity index (χ2n) is 4.99. The van der Waals surface area contributed by atoms with Crippen molar-refractivity contribution in [3.05, 3.63) is 12.0 Å². The second-order valence-corrected chi connectivity index (χ2v) is 6.87. The molecule has 0 saturated carbocycles. The fourth-order valence-corrected chi connectivity index (χ4v) is 4.05. The van der Waals surface area contributed by atoms with Gasteiger partial charge in [-0.15, -0.1) is 12.4 Å². The Morgan fingerprint density at radius 2 is 2.20 bits per heavy atom. The van der Waals surface area contributed by atoms with Crippen molar-refractivity contribution in [1.29, 1.82) is 0 Å². The van der Waals surface area contributed by atoms with Gasteiger partial charge in [0, 0.05) is 25.8 Å². The monoisotopic (exact) mass is 322 g/mol. The molecular weight excluding hydrogens is 300 g/mol. The molecule has 1 N–H and O–H groups in total. The molecule has 1 saturated heterocycles. The van der Waals surface area contributed by atoms with Crippen LogP contribution in [0.1, 0.15) is 19.2 Å². The van der Waals surface area contributed by atoms with Crippen LogP contribution in [0, 0.1) is 12.8 Å². The molecule has 1 aliphatic heterocycles. The molecule has 1 unspecified atom stereocenters. The summed E-state index contributed by atoms with van der Waals surface area (Å²) in [5.74, 6) is 1.14. The molecule has 1 aliphatic rings. The molecule has 1 atom stereocenters. The van der Waals surface area contributed by atoms with Gasteiger partial charge >= 0.3 is 0 Å². The molecule has 1 aromatic rings. The van der Waals surface area contributed by atoms with Crippen molar-refractivity contribution in [3.63, 3.8) is 0 Å². The summed E-state index contributed by atoms with van der Waals surface area (Å²) in [7, 11) is -1.54. The molecule has 2 heterocycles. The van der Waals surface area contributed by atoms with Gasteiger partial charge in [0.15, 0.2) is 5.03 Å². The van der Waals surface area contributed by atoms with Crippen molar-refractivity contribution in [1.82, 2.24) is 19.2 Å². The molecule has 0 amide bonds. The van der Waals surface area contributed by atoms with Crippen LogP contribution in [0.3, 0.4) is 0 Å². The van der Waals surface area contributed by atoms with E-state index in [1.54, 1.807) is 10.5 Å². The van der Waals surface area contributed by atoms with Gasteiger partial charge in [0.05, 0.1) is 0 Å². The first-order chi connectivity index (χ1) is 8.98. The van der Waals surface area contributed by atoms with Crippen molar-refractivity contribution in [2.75, 3.05) is 26.7 Å². The topological polar surface area (TPSA) is 67.2 Å². The Bertz CT molecular complexity index is 544. The number of nitrogens with one attached hydrogen (secondary N) is 1. The van der Waals surface area contributed by atoms with Crippen molar-refractivity contribution in [2.24, 2.45) is 5.92 Å². The number of aromatic nitrogens is 2. The molecule has 1 aromatic heterocycles. The van der Waals surface area contributed by atoms with E-state index in [4.69, 9.17) is 0 Å². The standard InChI is InChI=1S/C12H22N4O2S.ClH/c1-4-15-9-12(14-10(15)2)19(17,18)16-6-5-11(8-16)7-13-3;/h9,11,13H,4-8H2,1-3H3;1H. The van der Waals surface area contributed by atoms with Crippen molar-refractivity contribution in [3.8, 4) is 0 Å². The maximum atomic E-state index is 12.5. The predicted octanol–water partition coefficient (Wildman–Crippen LogP) is 0.863. The van der Waals surface area contributed by atoms with E-state index in [0.29, 0.717) is 19.0 Å². The smallest absolute Gasteiger partial charge is 0.262 e. The van der Waals surface area contributed by atoms with Gasteiger partial charge in [0.2, 0.25) is 0 Å². The van der Waals surface area contributed by atoms with E-state index in [2.05, 4.69) is 10.3 Å². The first-order valence-electron chi connectivity index (χ1n) is 6.67. The first-order valence-corrected chi connectivity index (χ1v) is 8.11. The van der Waals surface area contributed by atoms with E-state index >= 15 is 0 Å². The lowest BCUT2D eigenvalue weighted by atomic mass is 10.1. The third-order valence-corrected chi connectivity index (χ3v) is 5.38. The summed E-state index contributed by atoms with van der Waals surface area (Å²) in [5, 5.41) is 3.28. The van der Waals surface area contributed by atoms with Crippen LogP contribution in [0.25, 0.3) is 0 Å². The van der Waals surface area contributed by atoms with Crippen LogP contribution in [0.5, 0.6) is 0 Å². The first kappa shape index (κ1) is 17.4. The molecule has 6 nitrogen and oxygen atoms in total. The highest BCUT2D eigenvalue weighted by molar-refractivity contribution is 7.89. The van der Waals surface area contributed by atoms with Crippen LogP contribution < -0.4 is 5.32 Å². The van der Waals surface area contributed by atoms with Crippen LogP contribution in [0.15, 0.2) is 11.2 Å². The lowest BCUT2D eigenvalue weighted by Gasteiger charge is -2.14. The second kappa shape index (κ2) is 6.89. The number of halogens is 1. The zero-order chi connectivity index (χ0) is 14.0. The van der Waals surface area contributed by atoms with Gasteiger partial charge in [-0.2, -0.15) is 4.31 Å². The average molecular weight is 323 g/mol. The summed E-state index contributed by atoms with van der Waals surface area (Å²) < 4.78 is 28.4. The number of sulfonamides is 1. The average Bonchev–Trinajstić information content (AvgIpc) is 2.96. The SMILES string of the molecule is CCn1cc(S(=O)(=O)N2CCC(CNC)C2)nc1C.Cl. The number of aryl methyl sites for hydroxylation is 2. The Labute approximate surface area is 127 Å². The summed E-state index contributed by atoms with van der Waals surface area (Å²) >= 11 is 0. The van der Waals surface area contributed by atoms with Gasteiger partial charge in [-0.25, -0.2) is 13.4 Å². The Balaban J connectivity index is 0.00000200. The molecule has 0 bridgehead atoms. The number of nitrogens with zero attached hydrogens (tertiary/aromatic N) is 3. The minimum Gasteiger partial charge on any atom is -0.334 e. The van der Waals surface area contributed by atoms with E-state index in [-0.39, 0.29) is 17.4 Å². The molecular formula is C12H23ClN4O2S. The molecule has 0 aliphatic carbocycles. The summed E-state index contributed by atoms with van der Waals surface area (Å²) in [4.78, 5) is 4.19. The normalized spacial score (nSPS) is 20.1. The summed E-state index contributed by atoms with van der Waals surface area (Å²) in [6.07, 6.45) is 2.55. The van der Waals surface area contributed by atoms with Crippen molar-refractivity contribution in [2.45, 2.75) is 31.8 Å². The van der Waals surface area contributed by atoms with E-state index in [1.165, 1.54) is 0 Å². The van der Waals surface area contributed by atoms with Crippen LogP contribution in [0.4, 0.5) is 0 Å². The van der Waals surface area contributed by atoms with Gasteiger partial charge in [-0.3, -0.25) is 0 Å². The van der Waals surface area contributed by atoms with Crippen LogP contribution in [0.2, 0.25) is 0 Å². The molecule has 20 heavy (non-hydrogen) atoms. The highest BCUT2D eigenvalue weighted by atomic mass is 35.5. The fraction of sp³-hybridized carbons (Fsp3) is 0.750. The number of rotatable bonds is 5. The third kappa shape index (κ3) is 3.33. The van der Waals surface area contributed by atoms with E-state index in [1.807, 2.05) is 25.5 Å². The van der Waals surface area contributed by atoms with E-state index in [9.17, 15) is 8.42 Å². The number of hydrogen-bond acceptors (Lipinski definition) is 4. The van der Waals surface area contributed by atoms with Gasteiger partial charge in [-0.05, 0) is 39.8 Å². The quantitative estimate of drug-likeness (QED) is 0.873. The van der Waals surface area contributed by atoms with Crippen molar-refractivity contribution < 1.29 is 8.42 Å². The lowest BCUT2D eigenvalue weighted by Crippen LogP contribution is -2.30. The van der Waals surface area contributed by atoms with Crippen LogP contribution in [-0.2, 0) is 16.6 Å². The van der Waals surface area contributed by atoms with Gasteiger partial charge < -0.3 is 9.88 Å². The predicted molar refractivity (Wildman–Crippen MR) is 80.7 cm³/mol. The van der Waals surface area contributed by atoms with E-state index < -0.39 is 10.0 Å². The van der Waals surface area contributed by atoms with Gasteiger partial charge in [0.25, 0.3) is 10.0 Å². The largest absolute Gasteiger partial charge is 0.334 e. The maximum Gasteiger partial charge on any atom is 0.262 e. The Hall–Kier alpha value is -0.630. The Kier molecular flexibility index (Phi) is 6.00. The molecule has 2 rings (SSSR count). The molecule has 0 radical (unpaired) electrons. The molecule has 1 fully saturated rings. The zero-order valence-electron chi connectivity index (χ0n) is 12.2. The van der Waals surface area contributed by atoms with Gasteiger partial charge in [-0.1, -0.05) is 0 Å². The minimum atomic E-state index is -3.43. The Morgan fingerprint density at radius 3 is 2.75 bits per heavy atom. The lowest BCUT2D eigenvalue weighted by molar-refractivity contribution is 0.449. The van der Waals surface area contributed by atoms with E-state index in [0.717, 1.165) is 25.3 Å². The summed E-state index contributed by atoms with van der Waals surface area (Å²) in [6, 6.07) is 0. The fourth-order valence-electron chi connectivity index (χ4n) is 2.53. The zero-order valence-corrected chi connectivity index (χ0v) is 13.8. The molecule has 0 spiro atoms. The Morgan fingerprint density at radius 1 is 1.50 bits per heavy atom. The van der Waals surface area contributed by atoms with Crippen molar-refractivity contribution >= 4 is 22.4 Å². The number of imidazole rings is 1. The van der Waals surface area contributed by atoms with Crippen LogP contribution in [-0.4, -0.2) is 49.0 Å². The number of hydrogen-bond donors (Lipinski definition) is 1. The van der Waals surface area contributed by atoms with Gasteiger partial charge in [0.1, 0.15) is 5.82 Å². The highest BCUT2D eigenvalue weighted by Crippen LogP contribution is 2.23. The molecule has 116 valence electrons. The molecule has 0 aromatic carbocycles. The molecule has 8 heteroatoms. The summed E-state index contributed by atoms with van der Waals surface area (Å²) in [6.45, 7) is 6.57. The minimum absolute atomic E-state index is 0. The third-order valence-electron chi connectivity index (χ3n) is 3.64. The maximum absolute atomic E-state index is 12.5. The highest BCUT2D eigenvalue weighted by Gasteiger charge is 2.33.